The summed E-state index contributed by atoms with van der Waals surface area (Å²) >= 11 is 6.02. The van der Waals surface area contributed by atoms with E-state index in [2.05, 4.69) is 20.7 Å². The van der Waals surface area contributed by atoms with Crippen LogP contribution in [0.4, 0.5) is 5.69 Å². The number of nitrogens with zero attached hydrogens (tertiary/aromatic N) is 4. The molecule has 0 unspecified atom stereocenters. The molecular weight excluding hydrogens is 444 g/mol. The molecule has 33 heavy (non-hydrogen) atoms. The third kappa shape index (κ3) is 5.27. The predicted octanol–water partition coefficient (Wildman–Crippen LogP) is 2.68. The summed E-state index contributed by atoms with van der Waals surface area (Å²) in [4.78, 5) is 40.7. The van der Waals surface area contributed by atoms with Gasteiger partial charge in [-0.25, -0.2) is 9.67 Å². The lowest BCUT2D eigenvalue weighted by molar-refractivity contribution is -0.114. The quantitative estimate of drug-likeness (QED) is 0.437. The van der Waals surface area contributed by atoms with Crippen molar-refractivity contribution in [2.24, 2.45) is 0 Å². The molecule has 2 N–H and O–H groups in total. The summed E-state index contributed by atoms with van der Waals surface area (Å²) in [6, 6.07) is 13.9. The molecule has 0 atom stereocenters. The molecule has 0 radical (unpaired) electrons. The number of carbonyl (C=O) groups is 2. The van der Waals surface area contributed by atoms with Crippen LogP contribution in [0.3, 0.4) is 0 Å². The molecule has 0 bridgehead atoms. The second-order valence-electron chi connectivity index (χ2n) is 7.43. The van der Waals surface area contributed by atoms with Gasteiger partial charge < -0.3 is 10.6 Å². The van der Waals surface area contributed by atoms with Gasteiger partial charge in [-0.15, -0.1) is 0 Å². The van der Waals surface area contributed by atoms with Gasteiger partial charge in [-0.2, -0.15) is 5.10 Å². The molecule has 4 aromatic rings. The van der Waals surface area contributed by atoms with Crippen LogP contribution in [0.2, 0.25) is 5.02 Å². The van der Waals surface area contributed by atoms with Crippen molar-refractivity contribution in [3.05, 3.63) is 87.6 Å². The summed E-state index contributed by atoms with van der Waals surface area (Å²) in [5.74, 6) is -0.429. The Kier molecular flexibility index (Phi) is 6.50. The fourth-order valence-electron chi connectivity index (χ4n) is 3.39. The molecule has 0 saturated carbocycles. The van der Waals surface area contributed by atoms with Gasteiger partial charge in [-0.05, 0) is 42.0 Å². The van der Waals surface area contributed by atoms with Crippen molar-refractivity contribution in [2.75, 3.05) is 11.9 Å². The number of amides is 2. The first-order chi connectivity index (χ1) is 15.9. The van der Waals surface area contributed by atoms with Crippen molar-refractivity contribution < 1.29 is 9.59 Å². The molecule has 2 heterocycles. The highest BCUT2D eigenvalue weighted by Crippen LogP contribution is 2.12. The van der Waals surface area contributed by atoms with Crippen LogP contribution in [0.25, 0.3) is 11.0 Å². The maximum atomic E-state index is 12.8. The number of anilines is 1. The van der Waals surface area contributed by atoms with Gasteiger partial charge in [0.1, 0.15) is 11.7 Å². The van der Waals surface area contributed by atoms with Crippen LogP contribution in [0.5, 0.6) is 0 Å². The highest BCUT2D eigenvalue weighted by molar-refractivity contribution is 6.30. The number of hydrogen-bond acceptors (Lipinski definition) is 5. The molecule has 10 heteroatoms. The number of benzene rings is 2. The number of nitrogens with one attached hydrogen (secondary N) is 2. The van der Waals surface area contributed by atoms with Crippen molar-refractivity contribution in [1.82, 2.24) is 24.6 Å². The Morgan fingerprint density at radius 2 is 1.91 bits per heavy atom. The molecule has 9 nitrogen and oxygen atoms in total. The van der Waals surface area contributed by atoms with Gasteiger partial charge in [-0.1, -0.05) is 23.7 Å². The molecule has 168 valence electrons. The van der Waals surface area contributed by atoms with Crippen LogP contribution in [-0.2, 0) is 17.9 Å². The van der Waals surface area contributed by atoms with E-state index in [4.69, 9.17) is 11.6 Å². The Morgan fingerprint density at radius 3 is 2.64 bits per heavy atom. The normalized spacial score (nSPS) is 10.8. The maximum Gasteiger partial charge on any atom is 0.264 e. The summed E-state index contributed by atoms with van der Waals surface area (Å²) in [6.07, 6.45) is 2.97. The second-order valence-corrected chi connectivity index (χ2v) is 7.86. The summed E-state index contributed by atoms with van der Waals surface area (Å²) in [5.41, 5.74) is 2.24. The first kappa shape index (κ1) is 22.2. The van der Waals surface area contributed by atoms with Crippen LogP contribution in [-0.4, -0.2) is 37.7 Å². The topological polar surface area (TPSA) is 111 Å². The fourth-order valence-corrected chi connectivity index (χ4v) is 3.60. The fraction of sp³-hybridized carbons (Fsp3) is 0.174. The Hall–Kier alpha value is -3.98. The standard InChI is InChI=1S/C23H21ClN6O3/c1-15(31)28-19-7-5-17(6-8-19)22(32)25-9-10-30-21-20(12-27-30)23(33)29(14-26-21)13-16-3-2-4-18(24)11-16/h2-8,11-12,14H,9-10,13H2,1H3,(H,25,32)(H,28,31). The van der Waals surface area contributed by atoms with Gasteiger partial charge in [0.05, 0.1) is 19.3 Å². The molecular formula is C23H21ClN6O3. The van der Waals surface area contributed by atoms with E-state index in [0.29, 0.717) is 46.9 Å². The average molecular weight is 465 g/mol. The molecule has 2 aromatic carbocycles. The zero-order valence-corrected chi connectivity index (χ0v) is 18.5. The van der Waals surface area contributed by atoms with Crippen molar-refractivity contribution in [2.45, 2.75) is 20.0 Å². The molecule has 0 aliphatic rings. The number of halogens is 1. The number of carbonyl (C=O) groups excluding carboxylic acids is 2. The Balaban J connectivity index is 1.40. The second kappa shape index (κ2) is 9.66. The molecule has 4 rings (SSSR count). The Morgan fingerprint density at radius 1 is 1.12 bits per heavy atom. The molecule has 0 spiro atoms. The minimum Gasteiger partial charge on any atom is -0.350 e. The van der Waals surface area contributed by atoms with Crippen molar-refractivity contribution in [1.29, 1.82) is 0 Å². The first-order valence-electron chi connectivity index (χ1n) is 10.2. The van der Waals surface area contributed by atoms with Crippen molar-refractivity contribution in [3.8, 4) is 0 Å². The van der Waals surface area contributed by atoms with Crippen LogP contribution >= 0.6 is 11.6 Å². The van der Waals surface area contributed by atoms with E-state index in [-0.39, 0.29) is 17.4 Å². The smallest absolute Gasteiger partial charge is 0.264 e. The maximum absolute atomic E-state index is 12.8. The third-order valence-electron chi connectivity index (χ3n) is 4.94. The van der Waals surface area contributed by atoms with Gasteiger partial charge in [0.2, 0.25) is 5.91 Å². The van der Waals surface area contributed by atoms with Crippen LogP contribution in [0.15, 0.2) is 65.8 Å². The number of hydrogen-bond donors (Lipinski definition) is 2. The highest BCUT2D eigenvalue weighted by atomic mass is 35.5. The third-order valence-corrected chi connectivity index (χ3v) is 5.18. The van der Waals surface area contributed by atoms with Crippen LogP contribution in [0, 0.1) is 0 Å². The average Bonchev–Trinajstić information content (AvgIpc) is 3.19. The van der Waals surface area contributed by atoms with Gasteiger partial charge >= 0.3 is 0 Å². The van der Waals surface area contributed by atoms with Crippen molar-refractivity contribution >= 4 is 40.1 Å². The minimum absolute atomic E-state index is 0.177. The zero-order valence-electron chi connectivity index (χ0n) is 17.8. The first-order valence-corrected chi connectivity index (χ1v) is 10.6. The van der Waals surface area contributed by atoms with Crippen molar-refractivity contribution in [3.63, 3.8) is 0 Å². The van der Waals surface area contributed by atoms with Gasteiger partial charge in [0, 0.05) is 29.7 Å². The van der Waals surface area contributed by atoms with E-state index in [1.807, 2.05) is 12.1 Å². The SMILES string of the molecule is CC(=O)Nc1ccc(C(=O)NCCn2ncc3c(=O)n(Cc4cccc(Cl)c4)cnc32)cc1. The lowest BCUT2D eigenvalue weighted by Gasteiger charge is -2.08. The molecule has 0 fully saturated rings. The summed E-state index contributed by atoms with van der Waals surface area (Å²) in [7, 11) is 0. The molecule has 2 aromatic heterocycles. The zero-order chi connectivity index (χ0) is 23.4. The van der Waals surface area contributed by atoms with Gasteiger partial charge in [0.15, 0.2) is 5.65 Å². The molecule has 2 amide bonds. The number of aromatic nitrogens is 4. The van der Waals surface area contributed by atoms with E-state index >= 15 is 0 Å². The monoisotopic (exact) mass is 464 g/mol. The number of rotatable bonds is 7. The lowest BCUT2D eigenvalue weighted by Crippen LogP contribution is -2.27. The molecule has 0 aliphatic heterocycles. The molecule has 0 aliphatic carbocycles. The Labute approximate surface area is 194 Å². The summed E-state index contributed by atoms with van der Waals surface area (Å²) in [5, 5.41) is 10.7. The van der Waals surface area contributed by atoms with Crippen LogP contribution < -0.4 is 16.2 Å². The summed E-state index contributed by atoms with van der Waals surface area (Å²) < 4.78 is 3.09. The van der Waals surface area contributed by atoms with E-state index in [0.717, 1.165) is 5.56 Å². The van der Waals surface area contributed by atoms with Gasteiger partial charge in [0.25, 0.3) is 11.5 Å². The largest absolute Gasteiger partial charge is 0.350 e. The summed E-state index contributed by atoms with van der Waals surface area (Å²) in [6.45, 7) is 2.42. The van der Waals surface area contributed by atoms with Crippen LogP contribution in [0.1, 0.15) is 22.8 Å². The highest BCUT2D eigenvalue weighted by Gasteiger charge is 2.11. The van der Waals surface area contributed by atoms with E-state index in [9.17, 15) is 14.4 Å². The Bertz CT molecular complexity index is 1380. The van der Waals surface area contributed by atoms with E-state index < -0.39 is 0 Å². The lowest BCUT2D eigenvalue weighted by atomic mass is 10.2. The minimum atomic E-state index is -0.252. The number of fused-ring (bicyclic) bond motifs is 1. The van der Waals surface area contributed by atoms with E-state index in [1.165, 1.54) is 24.0 Å². The predicted molar refractivity (Wildman–Crippen MR) is 125 cm³/mol. The molecule has 0 saturated heterocycles. The van der Waals surface area contributed by atoms with Gasteiger partial charge in [-0.3, -0.25) is 19.0 Å². The van der Waals surface area contributed by atoms with E-state index in [1.54, 1.807) is 41.1 Å².